The summed E-state index contributed by atoms with van der Waals surface area (Å²) in [6, 6.07) is 7.76. The molecule has 6 rings (SSSR count). The number of halogens is 1. The summed E-state index contributed by atoms with van der Waals surface area (Å²) in [7, 11) is 2.11. The molecule has 1 N–H and O–H groups in total. The van der Waals surface area contributed by atoms with Crippen molar-refractivity contribution in [2.75, 3.05) is 77.6 Å². The molecule has 3 saturated heterocycles. The lowest BCUT2D eigenvalue weighted by molar-refractivity contribution is -0.123. The fourth-order valence-corrected chi connectivity index (χ4v) is 8.38. The van der Waals surface area contributed by atoms with Gasteiger partial charge in [-0.05, 0) is 123 Å². The number of aromatic nitrogens is 1. The van der Waals surface area contributed by atoms with Gasteiger partial charge in [0.2, 0.25) is 11.8 Å². The van der Waals surface area contributed by atoms with Crippen LogP contribution in [0.3, 0.4) is 0 Å². The Hall–Kier alpha value is -3.85. The standard InChI is InChI=1S/C42H62FN7O6/c1-27-20-47(35(21-48-28(2)24-54-25-29(48)3)22-49(27)41(53)56-42(5,6)7)23-37(51)50-30(4)26-55-40-36(50)18-33(17-31-9-11-34(43)12-10-31)38(45-40)39(52)44-19-32-13-15-46(8)16-14-32/h9-12,18,27-30,32,35H,13-17,19-26H2,1-8H3,(H,44,52)/t27-,28-,29-,30+,35+/m1/s1. The molecule has 5 heterocycles. The summed E-state index contributed by atoms with van der Waals surface area (Å²) in [5, 5.41) is 3.12. The number of amides is 3. The minimum atomic E-state index is -0.636. The van der Waals surface area contributed by atoms with Crippen molar-refractivity contribution >= 4 is 23.6 Å². The number of nitrogens with one attached hydrogen (secondary N) is 1. The molecule has 4 aliphatic rings. The van der Waals surface area contributed by atoms with Crippen LogP contribution in [-0.4, -0.2) is 151 Å². The van der Waals surface area contributed by atoms with E-state index in [1.807, 2.05) is 40.7 Å². The number of hydrogen-bond donors (Lipinski definition) is 1. The van der Waals surface area contributed by atoms with E-state index in [0.717, 1.165) is 31.5 Å². The molecule has 5 atom stereocenters. The van der Waals surface area contributed by atoms with Crippen LogP contribution >= 0.6 is 0 Å². The van der Waals surface area contributed by atoms with E-state index in [2.05, 4.69) is 40.9 Å². The van der Waals surface area contributed by atoms with Crippen molar-refractivity contribution in [1.82, 2.24) is 29.9 Å². The zero-order valence-electron chi connectivity index (χ0n) is 34.6. The lowest BCUT2D eigenvalue weighted by atomic mass is 9.97. The lowest BCUT2D eigenvalue weighted by Crippen LogP contribution is -2.65. The van der Waals surface area contributed by atoms with Crippen LogP contribution in [0.1, 0.15) is 82.9 Å². The van der Waals surface area contributed by atoms with Gasteiger partial charge in [0.05, 0.1) is 25.8 Å². The SMILES string of the molecule is C[C@@H]1CN(CC(=O)N2c3cc(Cc4ccc(F)cc4)c(C(=O)NCC4CCN(C)CC4)nc3OC[C@@H]2C)[C@@H](CN2[C@H](C)COC[C@H]2C)CN1C(=O)OC(C)(C)C. The first kappa shape index (κ1) is 41.8. The molecule has 1 aromatic heterocycles. The number of morpholine rings is 1. The largest absolute Gasteiger partial charge is 0.474 e. The molecule has 14 heteroatoms. The van der Waals surface area contributed by atoms with E-state index in [9.17, 15) is 18.8 Å². The number of carbonyl (C=O) groups is 3. The van der Waals surface area contributed by atoms with Crippen molar-refractivity contribution in [1.29, 1.82) is 0 Å². The molecule has 0 radical (unpaired) electrons. The Kier molecular flexibility index (Phi) is 13.2. The Morgan fingerprint density at radius 3 is 2.29 bits per heavy atom. The highest BCUT2D eigenvalue weighted by molar-refractivity contribution is 5.99. The molecule has 0 unspecified atom stereocenters. The van der Waals surface area contributed by atoms with E-state index in [0.29, 0.717) is 63.0 Å². The average molecular weight is 780 g/mol. The van der Waals surface area contributed by atoms with Crippen LogP contribution in [0.2, 0.25) is 0 Å². The van der Waals surface area contributed by atoms with Gasteiger partial charge in [-0.25, -0.2) is 14.2 Å². The van der Waals surface area contributed by atoms with Crippen LogP contribution in [0.5, 0.6) is 5.88 Å². The molecule has 4 aliphatic heterocycles. The first-order chi connectivity index (χ1) is 26.6. The van der Waals surface area contributed by atoms with Crippen molar-refractivity contribution in [3.05, 3.63) is 53.0 Å². The van der Waals surface area contributed by atoms with Crippen molar-refractivity contribution < 1.29 is 33.0 Å². The summed E-state index contributed by atoms with van der Waals surface area (Å²) in [5.74, 6) is -0.146. The Balaban J connectivity index is 1.27. The second kappa shape index (κ2) is 17.7. The van der Waals surface area contributed by atoms with Crippen LogP contribution < -0.4 is 15.0 Å². The maximum atomic E-state index is 14.7. The quantitative estimate of drug-likeness (QED) is 0.392. The van der Waals surface area contributed by atoms with Crippen molar-refractivity contribution in [3.63, 3.8) is 0 Å². The summed E-state index contributed by atoms with van der Waals surface area (Å²) in [5.41, 5.74) is 1.54. The van der Waals surface area contributed by atoms with Gasteiger partial charge in [-0.3, -0.25) is 19.4 Å². The van der Waals surface area contributed by atoms with Crippen LogP contribution in [0.4, 0.5) is 14.9 Å². The number of ether oxygens (including phenoxy) is 3. The monoisotopic (exact) mass is 779 g/mol. The molecule has 2 aromatic rings. The van der Waals surface area contributed by atoms with Crippen LogP contribution in [0, 0.1) is 11.7 Å². The highest BCUT2D eigenvalue weighted by Crippen LogP contribution is 2.36. The van der Waals surface area contributed by atoms with E-state index in [1.54, 1.807) is 21.9 Å². The predicted octanol–water partition coefficient (Wildman–Crippen LogP) is 4.42. The predicted molar refractivity (Wildman–Crippen MR) is 213 cm³/mol. The third-order valence-electron chi connectivity index (χ3n) is 11.6. The molecular weight excluding hydrogens is 718 g/mol. The van der Waals surface area contributed by atoms with Crippen molar-refractivity contribution in [2.24, 2.45) is 5.92 Å². The van der Waals surface area contributed by atoms with Gasteiger partial charge >= 0.3 is 6.09 Å². The Labute approximate surface area is 331 Å². The first-order valence-corrected chi connectivity index (χ1v) is 20.3. The Bertz CT molecular complexity index is 1690. The first-order valence-electron chi connectivity index (χ1n) is 20.3. The number of nitrogens with zero attached hydrogens (tertiary/aromatic N) is 6. The van der Waals surface area contributed by atoms with Crippen LogP contribution in [0.15, 0.2) is 30.3 Å². The van der Waals surface area contributed by atoms with Crippen molar-refractivity contribution in [2.45, 2.75) is 104 Å². The van der Waals surface area contributed by atoms with E-state index in [4.69, 9.17) is 19.2 Å². The second-order valence-corrected chi connectivity index (χ2v) is 17.5. The van der Waals surface area contributed by atoms with Gasteiger partial charge in [0.25, 0.3) is 5.91 Å². The minimum Gasteiger partial charge on any atom is -0.474 e. The summed E-state index contributed by atoms with van der Waals surface area (Å²) in [6.45, 7) is 19.5. The number of pyridine rings is 1. The maximum absolute atomic E-state index is 14.7. The maximum Gasteiger partial charge on any atom is 0.410 e. The molecular formula is C42H62FN7O6. The van der Waals surface area contributed by atoms with E-state index in [-0.39, 0.29) is 78.7 Å². The molecule has 13 nitrogen and oxygen atoms in total. The molecule has 0 spiro atoms. The third-order valence-corrected chi connectivity index (χ3v) is 11.6. The van der Waals surface area contributed by atoms with Crippen LogP contribution in [0.25, 0.3) is 0 Å². The molecule has 3 fully saturated rings. The second-order valence-electron chi connectivity index (χ2n) is 17.5. The summed E-state index contributed by atoms with van der Waals surface area (Å²) < 4.78 is 31.7. The number of rotatable bonds is 9. The van der Waals surface area contributed by atoms with Gasteiger partial charge in [0, 0.05) is 50.3 Å². The van der Waals surface area contributed by atoms with Gasteiger partial charge in [-0.1, -0.05) is 12.1 Å². The highest BCUT2D eigenvalue weighted by atomic mass is 19.1. The number of hydrogen-bond acceptors (Lipinski definition) is 10. The van der Waals surface area contributed by atoms with E-state index in [1.165, 1.54) is 12.1 Å². The summed E-state index contributed by atoms with van der Waals surface area (Å²) in [4.78, 5) is 57.2. The molecule has 308 valence electrons. The number of fused-ring (bicyclic) bond motifs is 1. The highest BCUT2D eigenvalue weighted by Gasteiger charge is 2.41. The molecule has 0 bridgehead atoms. The molecule has 0 aliphatic carbocycles. The molecule has 56 heavy (non-hydrogen) atoms. The number of likely N-dealkylation sites (tertiary alicyclic amines) is 1. The normalized spacial score (nSPS) is 25.7. The molecule has 3 amide bonds. The minimum absolute atomic E-state index is 0.111. The summed E-state index contributed by atoms with van der Waals surface area (Å²) >= 11 is 0. The van der Waals surface area contributed by atoms with E-state index >= 15 is 0 Å². The van der Waals surface area contributed by atoms with E-state index < -0.39 is 5.60 Å². The van der Waals surface area contributed by atoms with Gasteiger partial charge in [0.1, 0.15) is 29.4 Å². The molecule has 1 aromatic carbocycles. The Morgan fingerprint density at radius 1 is 0.946 bits per heavy atom. The number of anilines is 1. The lowest BCUT2D eigenvalue weighted by Gasteiger charge is -2.49. The van der Waals surface area contributed by atoms with Crippen LogP contribution in [-0.2, 0) is 20.7 Å². The van der Waals surface area contributed by atoms with Gasteiger partial charge in [-0.2, -0.15) is 0 Å². The number of piperidine rings is 1. The molecule has 0 saturated carbocycles. The number of piperazine rings is 1. The van der Waals surface area contributed by atoms with Gasteiger partial charge < -0.3 is 34.2 Å². The zero-order valence-corrected chi connectivity index (χ0v) is 34.6. The third kappa shape index (κ3) is 10.2. The van der Waals surface area contributed by atoms with Gasteiger partial charge in [0.15, 0.2) is 0 Å². The smallest absolute Gasteiger partial charge is 0.410 e. The Morgan fingerprint density at radius 2 is 1.62 bits per heavy atom. The number of carbonyl (C=O) groups excluding carboxylic acids is 3. The fraction of sp³-hybridized carbons (Fsp3) is 0.667. The average Bonchev–Trinajstić information content (AvgIpc) is 3.13. The fourth-order valence-electron chi connectivity index (χ4n) is 8.38. The number of benzene rings is 1. The van der Waals surface area contributed by atoms with Crippen molar-refractivity contribution in [3.8, 4) is 5.88 Å². The zero-order chi connectivity index (χ0) is 40.3. The topological polar surface area (TPSA) is 120 Å². The van der Waals surface area contributed by atoms with Gasteiger partial charge in [-0.15, -0.1) is 0 Å². The summed E-state index contributed by atoms with van der Waals surface area (Å²) in [6.07, 6.45) is 1.98.